The van der Waals surface area contributed by atoms with E-state index in [0.29, 0.717) is 35.0 Å². The molecule has 40 heavy (non-hydrogen) atoms. The van der Waals surface area contributed by atoms with E-state index in [9.17, 15) is 19.6 Å². The Morgan fingerprint density at radius 3 is 2.42 bits per heavy atom. The molecule has 0 atom stereocenters. The van der Waals surface area contributed by atoms with E-state index in [-0.39, 0.29) is 11.4 Å². The molecule has 0 saturated carbocycles. The molecule has 0 aliphatic rings. The van der Waals surface area contributed by atoms with E-state index in [1.807, 2.05) is 18.0 Å². The smallest absolute Gasteiger partial charge is 0.412 e. The van der Waals surface area contributed by atoms with Crippen LogP contribution in [0, 0.1) is 24.2 Å². The Balaban J connectivity index is 1.87. The highest BCUT2D eigenvalue weighted by atomic mass is 16.6. The van der Waals surface area contributed by atoms with Crippen LogP contribution in [0.3, 0.4) is 0 Å². The van der Waals surface area contributed by atoms with Gasteiger partial charge in [-0.1, -0.05) is 37.2 Å². The molecule has 10 nitrogen and oxygen atoms in total. The number of amides is 2. The average molecular weight is 546 g/mol. The Bertz CT molecular complexity index is 1450. The molecule has 0 unspecified atom stereocenters. The largest absolute Gasteiger partial charge is 0.444 e. The van der Waals surface area contributed by atoms with Crippen LogP contribution in [0.25, 0.3) is 11.1 Å². The summed E-state index contributed by atoms with van der Waals surface area (Å²) in [6.07, 6.45) is 0.330. The summed E-state index contributed by atoms with van der Waals surface area (Å²) < 4.78 is 10.4. The van der Waals surface area contributed by atoms with Gasteiger partial charge in [0.1, 0.15) is 17.9 Å². The van der Waals surface area contributed by atoms with Gasteiger partial charge in [-0.3, -0.25) is 14.9 Å². The minimum atomic E-state index is -0.747. The van der Waals surface area contributed by atoms with E-state index in [0.717, 1.165) is 11.1 Å². The topological polar surface area (TPSA) is 138 Å². The lowest BCUT2D eigenvalue weighted by molar-refractivity contribution is -0.115. The number of ketones is 1. The van der Waals surface area contributed by atoms with Crippen LogP contribution in [0.4, 0.5) is 21.9 Å². The van der Waals surface area contributed by atoms with Gasteiger partial charge in [-0.2, -0.15) is 5.26 Å². The Kier molecular flexibility index (Phi) is 9.32. The lowest BCUT2D eigenvalue weighted by atomic mass is 10.0. The number of carbonyl (C=O) groups excluding carboxylic acids is 3. The number of Topliss-reactive ketones (excluding diaryl/α,β-unsaturated/α-hetero) is 1. The number of hydrogen-bond acceptors (Lipinski definition) is 8. The molecular weight excluding hydrogens is 510 g/mol. The minimum Gasteiger partial charge on any atom is -0.444 e. The number of nitriles is 1. The number of benzene rings is 2. The van der Waals surface area contributed by atoms with Crippen molar-refractivity contribution in [2.75, 3.05) is 29.1 Å². The van der Waals surface area contributed by atoms with Crippen LogP contribution in [-0.4, -0.2) is 42.1 Å². The van der Waals surface area contributed by atoms with E-state index in [1.54, 1.807) is 52.0 Å². The van der Waals surface area contributed by atoms with Crippen molar-refractivity contribution < 1.29 is 23.6 Å². The first-order valence-corrected chi connectivity index (χ1v) is 12.9. The second kappa shape index (κ2) is 12.5. The van der Waals surface area contributed by atoms with Crippen molar-refractivity contribution in [1.82, 2.24) is 5.16 Å². The summed E-state index contributed by atoms with van der Waals surface area (Å²) in [7, 11) is 1.85. The van der Waals surface area contributed by atoms with Crippen LogP contribution in [-0.2, 0) is 9.53 Å². The third-order valence-electron chi connectivity index (χ3n) is 5.78. The summed E-state index contributed by atoms with van der Waals surface area (Å²) in [6, 6.07) is 12.1. The first-order chi connectivity index (χ1) is 18.8. The molecule has 10 heteroatoms. The van der Waals surface area contributed by atoms with Crippen LogP contribution < -0.4 is 15.5 Å². The lowest BCUT2D eigenvalue weighted by Gasteiger charge is -2.25. The van der Waals surface area contributed by atoms with E-state index < -0.39 is 29.8 Å². The van der Waals surface area contributed by atoms with Crippen molar-refractivity contribution in [1.29, 1.82) is 5.26 Å². The molecule has 2 aromatic carbocycles. The van der Waals surface area contributed by atoms with Gasteiger partial charge in [0.25, 0.3) is 0 Å². The summed E-state index contributed by atoms with van der Waals surface area (Å²) in [5, 5.41) is 19.1. The quantitative estimate of drug-likeness (QED) is 0.240. The van der Waals surface area contributed by atoms with Gasteiger partial charge in [0.2, 0.25) is 5.91 Å². The van der Waals surface area contributed by atoms with Gasteiger partial charge < -0.3 is 19.5 Å². The molecule has 2 N–H and O–H groups in total. The highest BCUT2D eigenvalue weighted by molar-refractivity contribution is 6.12. The monoisotopic (exact) mass is 545 g/mol. The van der Waals surface area contributed by atoms with Gasteiger partial charge in [0.05, 0.1) is 34.7 Å². The molecule has 0 aliphatic carbocycles. The maximum Gasteiger partial charge on any atom is 0.412 e. The van der Waals surface area contributed by atoms with Crippen LogP contribution in [0.15, 0.2) is 47.2 Å². The zero-order valence-electron chi connectivity index (χ0n) is 23.9. The van der Waals surface area contributed by atoms with Crippen LogP contribution in [0.1, 0.15) is 62.7 Å². The van der Waals surface area contributed by atoms with Gasteiger partial charge in [0, 0.05) is 24.7 Å². The van der Waals surface area contributed by atoms with Gasteiger partial charge in [-0.05, 0) is 57.4 Å². The zero-order valence-corrected chi connectivity index (χ0v) is 23.9. The number of aromatic nitrogens is 1. The predicted molar refractivity (Wildman–Crippen MR) is 153 cm³/mol. The first-order valence-electron chi connectivity index (χ1n) is 12.9. The third kappa shape index (κ3) is 7.93. The number of nitrogens with one attached hydrogen (secondary N) is 2. The fourth-order valence-electron chi connectivity index (χ4n) is 4.13. The second-order valence-electron chi connectivity index (χ2n) is 11.0. The van der Waals surface area contributed by atoms with E-state index in [4.69, 9.17) is 9.26 Å². The van der Waals surface area contributed by atoms with Crippen LogP contribution >= 0.6 is 0 Å². The molecule has 0 aliphatic heterocycles. The Morgan fingerprint density at radius 2 is 1.82 bits per heavy atom. The molecule has 210 valence electrons. The standard InChI is InChI=1S/C30H35N5O5/c1-18(2)16-35(7)26-13-25(33-29(38)40-30(4,5)6)24(12-22(26)15-31)32-28(37)14-27(36)21-10-8-9-20(11-21)23-17-39-34-19(23)3/h8-13,17-18H,14,16H2,1-7H3,(H,32,37)(H,33,38). The first kappa shape index (κ1) is 29.9. The fraction of sp³-hybridized carbons (Fsp3) is 0.367. The number of aryl methyl sites for hydroxylation is 1. The Labute approximate surface area is 234 Å². The molecule has 0 saturated heterocycles. The van der Waals surface area contributed by atoms with Crippen molar-refractivity contribution in [3.05, 3.63) is 59.5 Å². The number of carbonyl (C=O) groups is 3. The SMILES string of the molecule is Cc1nocc1-c1cccc(C(=O)CC(=O)Nc2cc(C#N)c(N(C)CC(C)C)cc2NC(=O)OC(C)(C)C)c1. The number of rotatable bonds is 9. The summed E-state index contributed by atoms with van der Waals surface area (Å²) in [5.74, 6) is -0.684. The Hall–Kier alpha value is -4.65. The Morgan fingerprint density at radius 1 is 1.12 bits per heavy atom. The van der Waals surface area contributed by atoms with E-state index in [2.05, 4.69) is 35.7 Å². The van der Waals surface area contributed by atoms with E-state index >= 15 is 0 Å². The lowest BCUT2D eigenvalue weighted by Crippen LogP contribution is -2.28. The molecule has 0 fully saturated rings. The number of hydrogen-bond donors (Lipinski definition) is 2. The van der Waals surface area contributed by atoms with Gasteiger partial charge in [-0.25, -0.2) is 4.79 Å². The molecule has 3 aromatic rings. The maximum absolute atomic E-state index is 13.0. The third-order valence-corrected chi connectivity index (χ3v) is 5.78. The molecule has 3 rings (SSSR count). The molecular formula is C30H35N5O5. The van der Waals surface area contributed by atoms with Crippen molar-refractivity contribution in [2.45, 2.75) is 53.6 Å². The predicted octanol–water partition coefficient (Wildman–Crippen LogP) is 6.17. The summed E-state index contributed by atoms with van der Waals surface area (Å²) in [5.41, 5.74) is 3.08. The molecule has 0 bridgehead atoms. The summed E-state index contributed by atoms with van der Waals surface area (Å²) >= 11 is 0. The molecule has 0 radical (unpaired) electrons. The average Bonchev–Trinajstić information content (AvgIpc) is 3.28. The fourth-order valence-corrected chi connectivity index (χ4v) is 4.13. The molecule has 1 heterocycles. The minimum absolute atomic E-state index is 0.177. The normalized spacial score (nSPS) is 11.1. The van der Waals surface area contributed by atoms with Gasteiger partial charge >= 0.3 is 6.09 Å². The van der Waals surface area contributed by atoms with Crippen molar-refractivity contribution in [3.8, 4) is 17.2 Å². The van der Waals surface area contributed by atoms with Gasteiger partial charge in [-0.15, -0.1) is 0 Å². The highest BCUT2D eigenvalue weighted by Crippen LogP contribution is 2.33. The summed E-state index contributed by atoms with van der Waals surface area (Å²) in [6.45, 7) is 11.8. The molecule has 0 spiro atoms. The van der Waals surface area contributed by atoms with Crippen molar-refractivity contribution in [2.24, 2.45) is 5.92 Å². The van der Waals surface area contributed by atoms with E-state index in [1.165, 1.54) is 12.3 Å². The van der Waals surface area contributed by atoms with Crippen LogP contribution in [0.2, 0.25) is 0 Å². The van der Waals surface area contributed by atoms with Crippen LogP contribution in [0.5, 0.6) is 0 Å². The zero-order chi connectivity index (χ0) is 29.6. The van der Waals surface area contributed by atoms with Crippen molar-refractivity contribution >= 4 is 34.8 Å². The maximum atomic E-state index is 13.0. The number of ether oxygens (including phenoxy) is 1. The molecule has 2 amide bonds. The van der Waals surface area contributed by atoms with Crippen molar-refractivity contribution in [3.63, 3.8) is 0 Å². The summed E-state index contributed by atoms with van der Waals surface area (Å²) in [4.78, 5) is 40.5. The number of anilines is 3. The molecule has 1 aromatic heterocycles. The highest BCUT2D eigenvalue weighted by Gasteiger charge is 2.22. The van der Waals surface area contributed by atoms with Gasteiger partial charge in [0.15, 0.2) is 5.78 Å². The second-order valence-corrected chi connectivity index (χ2v) is 11.0. The number of nitrogens with zero attached hydrogens (tertiary/aromatic N) is 3.